The Kier molecular flexibility index (Phi) is 4.19. The number of aliphatic hydroxyl groups is 1. The predicted octanol–water partition coefficient (Wildman–Crippen LogP) is 1.20. The molecule has 2 N–H and O–H groups in total. The second-order valence-corrected chi connectivity index (χ2v) is 3.84. The minimum atomic E-state index is 0.0275. The van der Waals surface area contributed by atoms with Crippen molar-refractivity contribution in [3.63, 3.8) is 0 Å². The lowest BCUT2D eigenvalue weighted by atomic mass is 10.3. The van der Waals surface area contributed by atoms with Crippen molar-refractivity contribution in [3.05, 3.63) is 16.1 Å². The molecule has 0 spiro atoms. The van der Waals surface area contributed by atoms with E-state index in [9.17, 15) is 0 Å². The van der Waals surface area contributed by atoms with E-state index in [-0.39, 0.29) is 12.6 Å². The van der Waals surface area contributed by atoms with Gasteiger partial charge in [-0.15, -0.1) is 0 Å². The average molecular weight is 238 g/mol. The van der Waals surface area contributed by atoms with Gasteiger partial charge in [0.2, 0.25) is 5.28 Å². The van der Waals surface area contributed by atoms with Crippen molar-refractivity contribution < 1.29 is 5.11 Å². The summed E-state index contributed by atoms with van der Waals surface area (Å²) in [6.45, 7) is 2.51. The molecule has 80 valence electrons. The number of aliphatic hydroxyl groups excluding tert-OH is 1. The van der Waals surface area contributed by atoms with E-state index in [4.69, 9.17) is 28.3 Å². The highest BCUT2D eigenvalue weighted by molar-refractivity contribution is 6.32. The third-order valence-electron chi connectivity index (χ3n) is 2.00. The highest BCUT2D eigenvalue weighted by Gasteiger charge is 2.11. The van der Waals surface area contributed by atoms with Gasteiger partial charge in [-0.3, -0.25) is 0 Å². The molecule has 1 aromatic rings. The lowest BCUT2D eigenvalue weighted by Gasteiger charge is -2.10. The van der Waals surface area contributed by atoms with Crippen molar-refractivity contribution in [2.24, 2.45) is 7.05 Å². The van der Waals surface area contributed by atoms with Crippen LogP contribution in [0, 0.1) is 0 Å². The van der Waals surface area contributed by atoms with E-state index in [1.54, 1.807) is 11.6 Å². The first-order valence-electron chi connectivity index (χ1n) is 4.27. The zero-order valence-electron chi connectivity index (χ0n) is 8.09. The summed E-state index contributed by atoms with van der Waals surface area (Å²) in [5, 5.41) is 12.7. The summed E-state index contributed by atoms with van der Waals surface area (Å²) < 4.78 is 1.71. The number of halogens is 2. The van der Waals surface area contributed by atoms with Crippen molar-refractivity contribution in [3.8, 4) is 0 Å². The van der Waals surface area contributed by atoms with Crippen LogP contribution in [0.1, 0.15) is 12.6 Å². The van der Waals surface area contributed by atoms with E-state index in [2.05, 4.69) is 10.3 Å². The Hall–Kier alpha value is -0.290. The minimum Gasteiger partial charge on any atom is -0.395 e. The number of rotatable bonds is 4. The number of hydrogen-bond acceptors (Lipinski definition) is 3. The zero-order chi connectivity index (χ0) is 10.7. The second-order valence-electron chi connectivity index (χ2n) is 3.14. The van der Waals surface area contributed by atoms with Crippen LogP contribution >= 0.6 is 23.2 Å². The molecule has 0 aliphatic carbocycles. The molecule has 0 aliphatic heterocycles. The number of nitrogens with zero attached hydrogens (tertiary/aromatic N) is 2. The Morgan fingerprint density at radius 3 is 2.64 bits per heavy atom. The Morgan fingerprint density at radius 1 is 1.57 bits per heavy atom. The van der Waals surface area contributed by atoms with E-state index in [1.807, 2.05) is 6.92 Å². The maximum absolute atomic E-state index is 8.81. The smallest absolute Gasteiger partial charge is 0.204 e. The van der Waals surface area contributed by atoms with E-state index < -0.39 is 0 Å². The maximum atomic E-state index is 8.81. The number of aromatic nitrogens is 2. The summed E-state index contributed by atoms with van der Waals surface area (Å²) in [5.41, 5.74) is 0.817. The lowest BCUT2D eigenvalue weighted by molar-refractivity contribution is 0.250. The Bertz CT molecular complexity index is 314. The molecule has 0 aliphatic rings. The van der Waals surface area contributed by atoms with Crippen LogP contribution in [0.25, 0.3) is 0 Å². The molecule has 1 aromatic heterocycles. The molecule has 0 radical (unpaired) electrons. The fourth-order valence-electron chi connectivity index (χ4n) is 0.997. The van der Waals surface area contributed by atoms with E-state index in [0.29, 0.717) is 17.0 Å². The molecule has 0 saturated heterocycles. The quantitative estimate of drug-likeness (QED) is 0.828. The van der Waals surface area contributed by atoms with Crippen LogP contribution < -0.4 is 5.32 Å². The zero-order valence-corrected chi connectivity index (χ0v) is 9.60. The first kappa shape index (κ1) is 11.8. The van der Waals surface area contributed by atoms with E-state index in [1.165, 1.54) is 0 Å². The Labute approximate surface area is 92.8 Å². The van der Waals surface area contributed by atoms with Crippen LogP contribution in [0.5, 0.6) is 0 Å². The summed E-state index contributed by atoms with van der Waals surface area (Å²) in [6, 6.07) is 0.0275. The van der Waals surface area contributed by atoms with Gasteiger partial charge in [-0.05, 0) is 18.5 Å². The highest BCUT2D eigenvalue weighted by atomic mass is 35.5. The maximum Gasteiger partial charge on any atom is 0.204 e. The molecule has 14 heavy (non-hydrogen) atoms. The van der Waals surface area contributed by atoms with Gasteiger partial charge in [0.05, 0.1) is 12.3 Å². The molecule has 4 nitrogen and oxygen atoms in total. The van der Waals surface area contributed by atoms with Crippen LogP contribution in [0.3, 0.4) is 0 Å². The Balaban J connectivity index is 2.67. The van der Waals surface area contributed by atoms with Crippen molar-refractivity contribution in [1.29, 1.82) is 0 Å². The first-order chi connectivity index (χ1) is 6.56. The molecule has 0 saturated carbocycles. The Morgan fingerprint density at radius 2 is 2.21 bits per heavy atom. The summed E-state index contributed by atoms with van der Waals surface area (Å²) in [4.78, 5) is 3.91. The minimum absolute atomic E-state index is 0.0275. The average Bonchev–Trinajstić information content (AvgIpc) is 2.39. The lowest BCUT2D eigenvalue weighted by Crippen LogP contribution is -2.29. The summed E-state index contributed by atoms with van der Waals surface area (Å²) in [5.74, 6) is 0. The number of imidazole rings is 1. The van der Waals surface area contributed by atoms with Crippen LogP contribution in [-0.2, 0) is 13.6 Å². The van der Waals surface area contributed by atoms with Crippen LogP contribution in [0.2, 0.25) is 10.4 Å². The molecule has 1 atom stereocenters. The van der Waals surface area contributed by atoms with Gasteiger partial charge < -0.3 is 15.0 Å². The van der Waals surface area contributed by atoms with E-state index in [0.717, 1.165) is 5.69 Å². The molecular weight excluding hydrogens is 225 g/mol. The molecule has 0 aromatic carbocycles. The summed E-state index contributed by atoms with van der Waals surface area (Å²) in [6.07, 6.45) is 0. The molecule has 1 rings (SSSR count). The van der Waals surface area contributed by atoms with Gasteiger partial charge >= 0.3 is 0 Å². The molecule has 0 unspecified atom stereocenters. The number of hydrogen-bond donors (Lipinski definition) is 2. The van der Waals surface area contributed by atoms with Gasteiger partial charge in [-0.1, -0.05) is 11.6 Å². The van der Waals surface area contributed by atoms with Crippen molar-refractivity contribution in [2.45, 2.75) is 19.5 Å². The first-order valence-corrected chi connectivity index (χ1v) is 5.02. The monoisotopic (exact) mass is 237 g/mol. The SMILES string of the molecule is C[C@@H](CO)NCc1c(Cl)nc(Cl)n1C. The van der Waals surface area contributed by atoms with Gasteiger partial charge in [-0.25, -0.2) is 4.98 Å². The largest absolute Gasteiger partial charge is 0.395 e. The molecule has 0 bridgehead atoms. The standard InChI is InChI=1S/C8H13Cl2N3O/c1-5(4-14)11-3-6-7(9)12-8(10)13(6)2/h5,11,14H,3-4H2,1-2H3/t5-/m0/s1. The van der Waals surface area contributed by atoms with Crippen LogP contribution in [0.15, 0.2) is 0 Å². The van der Waals surface area contributed by atoms with Gasteiger partial charge in [0, 0.05) is 19.6 Å². The summed E-state index contributed by atoms with van der Waals surface area (Å²) >= 11 is 11.6. The third kappa shape index (κ3) is 2.60. The highest BCUT2D eigenvalue weighted by Crippen LogP contribution is 2.18. The van der Waals surface area contributed by atoms with Gasteiger partial charge in [-0.2, -0.15) is 0 Å². The fraction of sp³-hybridized carbons (Fsp3) is 0.625. The van der Waals surface area contributed by atoms with Crippen molar-refractivity contribution in [1.82, 2.24) is 14.9 Å². The van der Waals surface area contributed by atoms with Crippen molar-refractivity contribution >= 4 is 23.2 Å². The van der Waals surface area contributed by atoms with Crippen LogP contribution in [0.4, 0.5) is 0 Å². The summed E-state index contributed by atoms with van der Waals surface area (Å²) in [7, 11) is 1.79. The van der Waals surface area contributed by atoms with Crippen molar-refractivity contribution in [2.75, 3.05) is 6.61 Å². The molecule has 0 amide bonds. The molecule has 0 fully saturated rings. The molecular formula is C8H13Cl2N3O. The van der Waals surface area contributed by atoms with E-state index >= 15 is 0 Å². The fourth-order valence-corrected chi connectivity index (χ4v) is 1.50. The molecule has 6 heteroatoms. The van der Waals surface area contributed by atoms with Gasteiger partial charge in [0.15, 0.2) is 5.15 Å². The number of nitrogens with one attached hydrogen (secondary N) is 1. The predicted molar refractivity (Wildman–Crippen MR) is 56.6 cm³/mol. The van der Waals surface area contributed by atoms with Gasteiger partial charge in [0.1, 0.15) is 0 Å². The topological polar surface area (TPSA) is 50.1 Å². The second kappa shape index (κ2) is 4.98. The van der Waals surface area contributed by atoms with Gasteiger partial charge in [0.25, 0.3) is 0 Å². The molecule has 1 heterocycles. The third-order valence-corrected chi connectivity index (χ3v) is 2.64. The normalized spacial score (nSPS) is 13.2. The van der Waals surface area contributed by atoms with Crippen LogP contribution in [-0.4, -0.2) is 27.3 Å².